The third-order valence-electron chi connectivity index (χ3n) is 10.4. The number of rotatable bonds is 2. The second-order valence-electron chi connectivity index (χ2n) is 12.8. The van der Waals surface area contributed by atoms with Gasteiger partial charge < -0.3 is 4.74 Å². The second-order valence-corrected chi connectivity index (χ2v) is 12.8. The van der Waals surface area contributed by atoms with E-state index in [1.54, 1.807) is 0 Å². The summed E-state index contributed by atoms with van der Waals surface area (Å²) >= 11 is 0. The number of fused-ring (bicyclic) bond motifs is 5. The molecule has 0 unspecified atom stereocenters. The van der Waals surface area contributed by atoms with Gasteiger partial charge in [-0.25, -0.2) is 0 Å². The Labute approximate surface area is 271 Å². The van der Waals surface area contributed by atoms with E-state index in [0.29, 0.717) is 0 Å². The Morgan fingerprint density at radius 2 is 0.894 bits per heavy atom. The van der Waals surface area contributed by atoms with E-state index in [0.717, 1.165) is 17.1 Å². The van der Waals surface area contributed by atoms with Crippen LogP contribution in [0.5, 0.6) is 11.5 Å². The summed E-state index contributed by atoms with van der Waals surface area (Å²) in [5.74, 6) is 1.83. The van der Waals surface area contributed by atoms with Crippen molar-refractivity contribution in [3.63, 3.8) is 0 Å². The van der Waals surface area contributed by atoms with Crippen LogP contribution in [0.4, 0.5) is 0 Å². The van der Waals surface area contributed by atoms with Gasteiger partial charge in [0.25, 0.3) is 0 Å². The lowest BCUT2D eigenvalue weighted by atomic mass is 9.86. The zero-order valence-electron chi connectivity index (χ0n) is 25.4. The van der Waals surface area contributed by atoms with Gasteiger partial charge in [-0.1, -0.05) is 140 Å². The molecular formula is C46H26O. The molecule has 1 aliphatic rings. The van der Waals surface area contributed by atoms with Crippen molar-refractivity contribution in [2.45, 2.75) is 0 Å². The lowest BCUT2D eigenvalue weighted by molar-refractivity contribution is 0.488. The molecule has 1 heterocycles. The average molecular weight is 595 g/mol. The van der Waals surface area contributed by atoms with Gasteiger partial charge in [-0.3, -0.25) is 0 Å². The van der Waals surface area contributed by atoms with Crippen molar-refractivity contribution >= 4 is 64.6 Å². The van der Waals surface area contributed by atoms with Gasteiger partial charge in [-0.15, -0.1) is 0 Å². The summed E-state index contributed by atoms with van der Waals surface area (Å²) in [6, 6.07) is 57.9. The van der Waals surface area contributed by atoms with Crippen molar-refractivity contribution in [1.82, 2.24) is 0 Å². The minimum Gasteiger partial charge on any atom is -0.456 e. The van der Waals surface area contributed by atoms with Gasteiger partial charge in [0.1, 0.15) is 11.5 Å². The Hall–Kier alpha value is -6.18. The Bertz CT molecular complexity index is 2910. The topological polar surface area (TPSA) is 9.23 Å². The Morgan fingerprint density at radius 1 is 0.277 bits per heavy atom. The summed E-state index contributed by atoms with van der Waals surface area (Å²) in [7, 11) is 0. The molecule has 0 N–H and O–H groups in total. The summed E-state index contributed by atoms with van der Waals surface area (Å²) in [5, 5.41) is 15.2. The van der Waals surface area contributed by atoms with Gasteiger partial charge in [0, 0.05) is 10.9 Å². The van der Waals surface area contributed by atoms with Gasteiger partial charge >= 0.3 is 0 Å². The number of hydrogen-bond donors (Lipinski definition) is 0. The van der Waals surface area contributed by atoms with Crippen LogP contribution in [0.15, 0.2) is 158 Å². The molecule has 1 nitrogen and oxygen atoms in total. The summed E-state index contributed by atoms with van der Waals surface area (Å²) in [5.41, 5.74) is 7.30. The number of ether oxygens (including phenoxy) is 1. The van der Waals surface area contributed by atoms with E-state index in [1.165, 1.54) is 92.5 Å². The maximum Gasteiger partial charge on any atom is 0.136 e. The SMILES string of the molecule is c1ccc2c(c1)cc1c3c(cccc32)-c2cc(-c3ccc(-c4ccc5ccc6cccc7ccc4c5c67)c4ccccc34)ccc2O1. The molecule has 0 amide bonds. The minimum atomic E-state index is 0.901. The van der Waals surface area contributed by atoms with Crippen molar-refractivity contribution in [1.29, 1.82) is 0 Å². The van der Waals surface area contributed by atoms with E-state index in [2.05, 4.69) is 158 Å². The van der Waals surface area contributed by atoms with E-state index in [4.69, 9.17) is 4.74 Å². The molecule has 0 saturated heterocycles. The highest BCUT2D eigenvalue weighted by Crippen LogP contribution is 2.50. The fraction of sp³-hybridized carbons (Fsp3) is 0. The molecule has 0 fully saturated rings. The normalized spacial score (nSPS) is 12.4. The third-order valence-corrected chi connectivity index (χ3v) is 10.4. The van der Waals surface area contributed by atoms with Crippen LogP contribution in [-0.2, 0) is 0 Å². The van der Waals surface area contributed by atoms with Crippen LogP contribution < -0.4 is 4.74 Å². The molecule has 1 heteroatoms. The van der Waals surface area contributed by atoms with Crippen molar-refractivity contribution in [3.05, 3.63) is 158 Å². The zero-order valence-corrected chi connectivity index (χ0v) is 25.4. The largest absolute Gasteiger partial charge is 0.456 e. The molecule has 11 rings (SSSR count). The first kappa shape index (κ1) is 25.1. The lowest BCUT2D eigenvalue weighted by Crippen LogP contribution is -1.98. The van der Waals surface area contributed by atoms with Crippen molar-refractivity contribution in [2.75, 3.05) is 0 Å². The van der Waals surface area contributed by atoms with Crippen LogP contribution in [-0.4, -0.2) is 0 Å². The van der Waals surface area contributed by atoms with E-state index < -0.39 is 0 Å². The third kappa shape index (κ3) is 3.43. The molecule has 0 aromatic heterocycles. The summed E-state index contributed by atoms with van der Waals surface area (Å²) in [6.07, 6.45) is 0. The zero-order chi connectivity index (χ0) is 30.6. The van der Waals surface area contributed by atoms with E-state index in [9.17, 15) is 0 Å². The van der Waals surface area contributed by atoms with Crippen LogP contribution in [0.3, 0.4) is 0 Å². The standard InChI is InChI=1S/C46H26O/c1-2-10-32-30(7-1)26-43-46-38(32)13-6-14-39(46)41-25-31(19-24-42(41)47-43)33-22-23-36(35-12-4-3-11-34(33)35)37-20-17-29-16-15-27-8-5-9-28-18-21-40(37)45(29)44(27)28/h1-26H. The van der Waals surface area contributed by atoms with E-state index in [1.807, 2.05) is 0 Å². The average Bonchev–Trinajstić information content (AvgIpc) is 3.13. The molecule has 10 aromatic carbocycles. The molecular weight excluding hydrogens is 569 g/mol. The van der Waals surface area contributed by atoms with Gasteiger partial charge in [0.2, 0.25) is 0 Å². The fourth-order valence-corrected chi connectivity index (χ4v) is 8.30. The van der Waals surface area contributed by atoms with Crippen LogP contribution in [0.1, 0.15) is 0 Å². The highest BCUT2D eigenvalue weighted by Gasteiger charge is 2.23. The van der Waals surface area contributed by atoms with Crippen LogP contribution >= 0.6 is 0 Å². The van der Waals surface area contributed by atoms with Gasteiger partial charge in [-0.05, 0) is 105 Å². The number of hydrogen-bond acceptors (Lipinski definition) is 1. The second kappa shape index (κ2) is 9.19. The van der Waals surface area contributed by atoms with Crippen LogP contribution in [0, 0.1) is 0 Å². The Morgan fingerprint density at radius 3 is 1.77 bits per heavy atom. The predicted octanol–water partition coefficient (Wildman–Crippen LogP) is 13.2. The van der Waals surface area contributed by atoms with Crippen LogP contribution in [0.2, 0.25) is 0 Å². The molecule has 0 aliphatic carbocycles. The Balaban J connectivity index is 1.12. The molecule has 0 spiro atoms. The maximum atomic E-state index is 6.60. The molecule has 0 saturated carbocycles. The van der Waals surface area contributed by atoms with Crippen molar-refractivity contribution in [2.24, 2.45) is 0 Å². The highest BCUT2D eigenvalue weighted by molar-refractivity contribution is 6.26. The minimum absolute atomic E-state index is 0.901. The molecule has 0 radical (unpaired) electrons. The number of benzene rings is 10. The summed E-state index contributed by atoms with van der Waals surface area (Å²) in [6.45, 7) is 0. The first-order valence-corrected chi connectivity index (χ1v) is 16.3. The molecule has 1 aliphatic heterocycles. The monoisotopic (exact) mass is 594 g/mol. The molecule has 47 heavy (non-hydrogen) atoms. The van der Waals surface area contributed by atoms with Crippen molar-refractivity contribution in [3.8, 4) is 44.9 Å². The Kier molecular flexibility index (Phi) is 4.90. The highest BCUT2D eigenvalue weighted by atomic mass is 16.5. The summed E-state index contributed by atoms with van der Waals surface area (Å²) < 4.78 is 6.60. The molecule has 10 aromatic rings. The van der Waals surface area contributed by atoms with Gasteiger partial charge in [0.05, 0.1) is 0 Å². The smallest absolute Gasteiger partial charge is 0.136 e. The molecule has 216 valence electrons. The fourth-order valence-electron chi connectivity index (χ4n) is 8.30. The van der Waals surface area contributed by atoms with E-state index in [-0.39, 0.29) is 0 Å². The first-order valence-electron chi connectivity index (χ1n) is 16.3. The van der Waals surface area contributed by atoms with Crippen LogP contribution in [0.25, 0.3) is 98.0 Å². The summed E-state index contributed by atoms with van der Waals surface area (Å²) in [4.78, 5) is 0. The molecule has 0 atom stereocenters. The quantitative estimate of drug-likeness (QED) is 0.181. The molecule has 0 bridgehead atoms. The van der Waals surface area contributed by atoms with E-state index >= 15 is 0 Å². The maximum absolute atomic E-state index is 6.60. The first-order chi connectivity index (χ1) is 23.3. The van der Waals surface area contributed by atoms with Crippen molar-refractivity contribution < 1.29 is 4.74 Å². The predicted molar refractivity (Wildman–Crippen MR) is 199 cm³/mol. The lowest BCUT2D eigenvalue weighted by Gasteiger charge is -2.23. The van der Waals surface area contributed by atoms with Gasteiger partial charge in [0.15, 0.2) is 0 Å². The van der Waals surface area contributed by atoms with Gasteiger partial charge in [-0.2, -0.15) is 0 Å².